The van der Waals surface area contributed by atoms with Gasteiger partial charge in [-0.15, -0.1) is 0 Å². The molecule has 0 heterocycles. The number of hydrogen-bond acceptors (Lipinski definition) is 3. The Hall–Kier alpha value is -2.28. The van der Waals surface area contributed by atoms with E-state index in [4.69, 9.17) is 0 Å². The van der Waals surface area contributed by atoms with Crippen LogP contribution in [0.3, 0.4) is 0 Å². The van der Waals surface area contributed by atoms with Crippen LogP contribution in [0.1, 0.15) is 10.4 Å². The van der Waals surface area contributed by atoms with Gasteiger partial charge in [-0.3, -0.25) is 14.9 Å². The van der Waals surface area contributed by atoms with Gasteiger partial charge in [0.2, 0.25) is 0 Å². The molecule has 1 N–H and O–H groups in total. The highest BCUT2D eigenvalue weighted by molar-refractivity contribution is 9.10. The molecule has 5 nitrogen and oxygen atoms in total. The number of amides is 1. The van der Waals surface area contributed by atoms with Crippen molar-refractivity contribution in [2.24, 2.45) is 0 Å². The Balaban J connectivity index is 2.27. The number of nitro benzene ring substituents is 1. The molecule has 0 spiro atoms. The van der Waals surface area contributed by atoms with Gasteiger partial charge in [-0.05, 0) is 40.2 Å². The molecular weight excluding hydrogens is 331 g/mol. The molecule has 20 heavy (non-hydrogen) atoms. The van der Waals surface area contributed by atoms with Gasteiger partial charge >= 0.3 is 0 Å². The molecule has 0 aliphatic heterocycles. The minimum absolute atomic E-state index is 0.127. The van der Waals surface area contributed by atoms with E-state index in [1.807, 2.05) is 0 Å². The van der Waals surface area contributed by atoms with Crippen LogP contribution in [0.5, 0.6) is 0 Å². The molecule has 0 bridgehead atoms. The van der Waals surface area contributed by atoms with Crippen molar-refractivity contribution < 1.29 is 14.1 Å². The quantitative estimate of drug-likeness (QED) is 0.684. The summed E-state index contributed by atoms with van der Waals surface area (Å²) in [7, 11) is 0. The Labute approximate surface area is 121 Å². The number of anilines is 1. The second-order valence-corrected chi connectivity index (χ2v) is 4.71. The number of nitrogens with one attached hydrogen (secondary N) is 1. The van der Waals surface area contributed by atoms with E-state index in [0.29, 0.717) is 4.47 Å². The zero-order chi connectivity index (χ0) is 14.7. The Morgan fingerprint density at radius 1 is 1.25 bits per heavy atom. The average molecular weight is 339 g/mol. The lowest BCUT2D eigenvalue weighted by Crippen LogP contribution is -2.13. The smallest absolute Gasteiger partial charge is 0.285 e. The van der Waals surface area contributed by atoms with E-state index in [9.17, 15) is 19.3 Å². The van der Waals surface area contributed by atoms with Crippen molar-refractivity contribution in [3.63, 3.8) is 0 Å². The summed E-state index contributed by atoms with van der Waals surface area (Å²) in [6.45, 7) is 0. The van der Waals surface area contributed by atoms with E-state index in [1.165, 1.54) is 42.5 Å². The van der Waals surface area contributed by atoms with E-state index in [0.717, 1.165) is 0 Å². The molecule has 7 heteroatoms. The first kappa shape index (κ1) is 14.1. The van der Waals surface area contributed by atoms with Crippen LogP contribution in [0.25, 0.3) is 0 Å². The summed E-state index contributed by atoms with van der Waals surface area (Å²) in [5.41, 5.74) is -0.0949. The summed E-state index contributed by atoms with van der Waals surface area (Å²) >= 11 is 3.04. The predicted octanol–water partition coefficient (Wildman–Crippen LogP) is 3.75. The van der Waals surface area contributed by atoms with Crippen molar-refractivity contribution in [3.8, 4) is 0 Å². The molecule has 0 aromatic heterocycles. The summed E-state index contributed by atoms with van der Waals surface area (Å²) in [5, 5.41) is 13.2. The van der Waals surface area contributed by atoms with Crippen molar-refractivity contribution in [1.29, 1.82) is 0 Å². The Morgan fingerprint density at radius 3 is 2.60 bits per heavy atom. The molecular formula is C13H8BrFN2O3. The van der Waals surface area contributed by atoms with Gasteiger partial charge in [0.05, 0.1) is 15.0 Å². The topological polar surface area (TPSA) is 72.2 Å². The lowest BCUT2D eigenvalue weighted by atomic mass is 10.2. The van der Waals surface area contributed by atoms with Gasteiger partial charge < -0.3 is 5.32 Å². The first-order chi connectivity index (χ1) is 9.49. The van der Waals surface area contributed by atoms with Gasteiger partial charge in [0.15, 0.2) is 0 Å². The zero-order valence-corrected chi connectivity index (χ0v) is 11.6. The van der Waals surface area contributed by atoms with Gasteiger partial charge in [-0.1, -0.05) is 12.1 Å². The number of benzene rings is 2. The summed E-state index contributed by atoms with van der Waals surface area (Å²) in [6.07, 6.45) is 0. The van der Waals surface area contributed by atoms with Crippen molar-refractivity contribution in [3.05, 3.63) is 68.4 Å². The maximum atomic E-state index is 13.4. The normalized spacial score (nSPS) is 10.1. The molecule has 2 aromatic carbocycles. The highest BCUT2D eigenvalue weighted by atomic mass is 79.9. The van der Waals surface area contributed by atoms with E-state index in [-0.39, 0.29) is 16.9 Å². The maximum absolute atomic E-state index is 13.4. The Bertz CT molecular complexity index is 691. The molecule has 1 amide bonds. The molecule has 2 aromatic rings. The molecule has 0 unspecified atom stereocenters. The van der Waals surface area contributed by atoms with Crippen LogP contribution in [0, 0.1) is 15.9 Å². The highest BCUT2D eigenvalue weighted by Crippen LogP contribution is 2.28. The first-order valence-electron chi connectivity index (χ1n) is 5.49. The third kappa shape index (κ3) is 3.00. The molecule has 0 saturated heterocycles. The van der Waals surface area contributed by atoms with Crippen LogP contribution >= 0.6 is 15.9 Å². The number of rotatable bonds is 3. The number of halogens is 2. The van der Waals surface area contributed by atoms with Crippen molar-refractivity contribution in [2.45, 2.75) is 0 Å². The fourth-order valence-electron chi connectivity index (χ4n) is 1.57. The largest absolute Gasteiger partial charge is 0.322 e. The van der Waals surface area contributed by atoms with Crippen LogP contribution in [0.2, 0.25) is 0 Å². The van der Waals surface area contributed by atoms with Crippen LogP contribution < -0.4 is 5.32 Å². The maximum Gasteiger partial charge on any atom is 0.285 e. The minimum Gasteiger partial charge on any atom is -0.322 e. The highest BCUT2D eigenvalue weighted by Gasteiger charge is 2.15. The Kier molecular flexibility index (Phi) is 4.09. The molecule has 0 saturated carbocycles. The first-order valence-corrected chi connectivity index (χ1v) is 6.28. The lowest BCUT2D eigenvalue weighted by Gasteiger charge is -2.06. The van der Waals surface area contributed by atoms with E-state index >= 15 is 0 Å². The molecule has 0 aliphatic rings. The van der Waals surface area contributed by atoms with Crippen molar-refractivity contribution in [1.82, 2.24) is 0 Å². The minimum atomic E-state index is -0.667. The summed E-state index contributed by atoms with van der Waals surface area (Å²) in [5.74, 6) is -1.32. The predicted molar refractivity (Wildman–Crippen MR) is 75.1 cm³/mol. The van der Waals surface area contributed by atoms with Crippen LogP contribution in [-0.2, 0) is 0 Å². The number of nitrogens with zero attached hydrogens (tertiary/aromatic N) is 1. The summed E-state index contributed by atoms with van der Waals surface area (Å²) in [4.78, 5) is 22.1. The third-order valence-corrected chi connectivity index (χ3v) is 3.19. The summed E-state index contributed by atoms with van der Waals surface area (Å²) < 4.78 is 13.7. The van der Waals surface area contributed by atoms with Crippen molar-refractivity contribution >= 4 is 33.2 Å². The van der Waals surface area contributed by atoms with Crippen molar-refractivity contribution in [2.75, 3.05) is 5.32 Å². The van der Waals surface area contributed by atoms with Gasteiger partial charge in [0.1, 0.15) is 5.82 Å². The molecule has 0 atom stereocenters. The fraction of sp³-hybridized carbons (Fsp3) is 0. The third-order valence-electron chi connectivity index (χ3n) is 2.52. The summed E-state index contributed by atoms with van der Waals surface area (Å²) in [6, 6.07) is 9.61. The van der Waals surface area contributed by atoms with Crippen LogP contribution in [0.15, 0.2) is 46.9 Å². The molecule has 102 valence electrons. The molecule has 0 radical (unpaired) electrons. The van der Waals surface area contributed by atoms with E-state index in [2.05, 4.69) is 21.2 Å². The zero-order valence-electron chi connectivity index (χ0n) is 9.97. The average Bonchev–Trinajstić information content (AvgIpc) is 2.41. The second kappa shape index (κ2) is 5.79. The van der Waals surface area contributed by atoms with Crippen LogP contribution in [-0.4, -0.2) is 10.8 Å². The molecule has 0 fully saturated rings. The standard InChI is InChI=1S/C13H8BrFN2O3/c14-10-6-5-8(7-12(10)17(19)20)16-13(18)9-3-1-2-4-11(9)15/h1-7H,(H,16,18). The fourth-order valence-corrected chi connectivity index (χ4v) is 1.97. The number of nitro groups is 1. The van der Waals surface area contributed by atoms with E-state index in [1.54, 1.807) is 0 Å². The lowest BCUT2D eigenvalue weighted by molar-refractivity contribution is -0.385. The van der Waals surface area contributed by atoms with Gasteiger partial charge in [0.25, 0.3) is 11.6 Å². The SMILES string of the molecule is O=C(Nc1ccc(Br)c([N+](=O)[O-])c1)c1ccccc1F. The molecule has 2 rings (SSSR count). The second-order valence-electron chi connectivity index (χ2n) is 3.86. The number of carbonyl (C=O) groups excluding carboxylic acids is 1. The molecule has 0 aliphatic carbocycles. The number of hydrogen-bond donors (Lipinski definition) is 1. The van der Waals surface area contributed by atoms with Gasteiger partial charge in [0, 0.05) is 11.8 Å². The van der Waals surface area contributed by atoms with Gasteiger partial charge in [-0.2, -0.15) is 0 Å². The van der Waals surface area contributed by atoms with E-state index < -0.39 is 16.6 Å². The Morgan fingerprint density at radius 2 is 1.95 bits per heavy atom. The van der Waals surface area contributed by atoms with Crippen LogP contribution in [0.4, 0.5) is 15.8 Å². The monoisotopic (exact) mass is 338 g/mol. The van der Waals surface area contributed by atoms with Gasteiger partial charge in [-0.25, -0.2) is 4.39 Å². The number of carbonyl (C=O) groups is 1.